The minimum atomic E-state index is -0.294. The summed E-state index contributed by atoms with van der Waals surface area (Å²) in [4.78, 5) is 23.8. The van der Waals surface area contributed by atoms with E-state index >= 15 is 0 Å². The lowest BCUT2D eigenvalue weighted by Crippen LogP contribution is -2.30. The van der Waals surface area contributed by atoms with Gasteiger partial charge in [0.25, 0.3) is 11.8 Å². The number of benzene rings is 2. The lowest BCUT2D eigenvalue weighted by atomic mass is 10.1. The molecule has 3 rings (SSSR count). The maximum Gasteiger partial charge on any atom is 0.258 e. The molecule has 0 spiro atoms. The van der Waals surface area contributed by atoms with E-state index in [4.69, 9.17) is 4.74 Å². The highest BCUT2D eigenvalue weighted by Gasteiger charge is 2.23. The van der Waals surface area contributed by atoms with Crippen molar-refractivity contribution in [3.05, 3.63) is 59.2 Å². The summed E-state index contributed by atoms with van der Waals surface area (Å²) in [5.74, 6) is 0.227. The average molecular weight is 368 g/mol. The van der Waals surface area contributed by atoms with Crippen molar-refractivity contribution in [3.8, 4) is 11.5 Å². The Bertz CT molecular complexity index is 813. The van der Waals surface area contributed by atoms with Crippen LogP contribution in [0.25, 0.3) is 0 Å². The number of amides is 2. The second-order valence-corrected chi connectivity index (χ2v) is 6.80. The SMILES string of the molecule is Cc1ccc(O)c(C(=O)NCCc2ccc(OCC(=O)NC3CC3)cc2)c1. The van der Waals surface area contributed by atoms with Crippen molar-refractivity contribution in [2.24, 2.45) is 0 Å². The van der Waals surface area contributed by atoms with Crippen LogP contribution in [0.5, 0.6) is 11.5 Å². The van der Waals surface area contributed by atoms with Gasteiger partial charge in [0.2, 0.25) is 0 Å². The van der Waals surface area contributed by atoms with Gasteiger partial charge in [0, 0.05) is 12.6 Å². The van der Waals surface area contributed by atoms with Crippen molar-refractivity contribution in [1.82, 2.24) is 10.6 Å². The molecule has 1 fully saturated rings. The Morgan fingerprint density at radius 2 is 1.89 bits per heavy atom. The lowest BCUT2D eigenvalue weighted by molar-refractivity contribution is -0.123. The predicted molar refractivity (Wildman–Crippen MR) is 102 cm³/mol. The van der Waals surface area contributed by atoms with Crippen LogP contribution in [0.3, 0.4) is 0 Å². The molecule has 0 heterocycles. The van der Waals surface area contributed by atoms with Gasteiger partial charge in [-0.2, -0.15) is 0 Å². The third kappa shape index (κ3) is 5.74. The Labute approximate surface area is 158 Å². The number of hydrogen-bond donors (Lipinski definition) is 3. The Hall–Kier alpha value is -3.02. The molecule has 3 N–H and O–H groups in total. The van der Waals surface area contributed by atoms with E-state index < -0.39 is 0 Å². The highest BCUT2D eigenvalue weighted by molar-refractivity contribution is 5.96. The molecule has 1 aliphatic rings. The largest absolute Gasteiger partial charge is 0.507 e. The summed E-state index contributed by atoms with van der Waals surface area (Å²) in [6.45, 7) is 2.34. The first-order valence-corrected chi connectivity index (χ1v) is 9.10. The maximum atomic E-state index is 12.2. The number of aryl methyl sites for hydroxylation is 1. The first-order chi connectivity index (χ1) is 13.0. The highest BCUT2D eigenvalue weighted by atomic mass is 16.5. The molecule has 6 nitrogen and oxygen atoms in total. The van der Waals surface area contributed by atoms with E-state index in [1.165, 1.54) is 6.07 Å². The van der Waals surface area contributed by atoms with Crippen LogP contribution in [-0.2, 0) is 11.2 Å². The molecule has 0 bridgehead atoms. The number of carbonyl (C=O) groups is 2. The summed E-state index contributed by atoms with van der Waals surface area (Å²) in [6, 6.07) is 12.7. The molecule has 1 aliphatic carbocycles. The summed E-state index contributed by atoms with van der Waals surface area (Å²) >= 11 is 0. The topological polar surface area (TPSA) is 87.7 Å². The van der Waals surface area contributed by atoms with Crippen LogP contribution in [0.2, 0.25) is 0 Å². The summed E-state index contributed by atoms with van der Waals surface area (Å²) < 4.78 is 5.47. The molecule has 2 aromatic rings. The Kier molecular flexibility index (Phi) is 5.96. The molecule has 0 saturated heterocycles. The van der Waals surface area contributed by atoms with Crippen LogP contribution < -0.4 is 15.4 Å². The maximum absolute atomic E-state index is 12.2. The minimum Gasteiger partial charge on any atom is -0.507 e. The molecule has 0 aromatic heterocycles. The van der Waals surface area contributed by atoms with E-state index in [1.54, 1.807) is 12.1 Å². The molecule has 142 valence electrons. The number of nitrogens with one attached hydrogen (secondary N) is 2. The fourth-order valence-electron chi connectivity index (χ4n) is 2.65. The number of aromatic hydroxyl groups is 1. The molecule has 6 heteroatoms. The number of phenolic OH excluding ortho intramolecular Hbond substituents is 1. The smallest absolute Gasteiger partial charge is 0.258 e. The van der Waals surface area contributed by atoms with Crippen molar-refractivity contribution in [1.29, 1.82) is 0 Å². The Morgan fingerprint density at radius 3 is 2.59 bits per heavy atom. The number of phenols is 1. The van der Waals surface area contributed by atoms with Crippen molar-refractivity contribution < 1.29 is 19.4 Å². The number of hydrogen-bond acceptors (Lipinski definition) is 4. The van der Waals surface area contributed by atoms with Crippen LogP contribution in [0.15, 0.2) is 42.5 Å². The summed E-state index contributed by atoms with van der Waals surface area (Å²) in [5, 5.41) is 15.5. The fourth-order valence-corrected chi connectivity index (χ4v) is 2.65. The molecule has 0 radical (unpaired) electrons. The molecule has 1 saturated carbocycles. The first kappa shape index (κ1) is 18.8. The van der Waals surface area contributed by atoms with E-state index in [9.17, 15) is 14.7 Å². The zero-order chi connectivity index (χ0) is 19.2. The van der Waals surface area contributed by atoms with Crippen LogP contribution in [0, 0.1) is 6.92 Å². The van der Waals surface area contributed by atoms with Gasteiger partial charge in [-0.05, 0) is 56.0 Å². The number of carbonyl (C=O) groups excluding carboxylic acids is 2. The van der Waals surface area contributed by atoms with Gasteiger partial charge >= 0.3 is 0 Å². The van der Waals surface area contributed by atoms with Gasteiger partial charge in [-0.3, -0.25) is 9.59 Å². The third-order valence-corrected chi connectivity index (χ3v) is 4.33. The van der Waals surface area contributed by atoms with Gasteiger partial charge < -0.3 is 20.5 Å². The summed E-state index contributed by atoms with van der Waals surface area (Å²) in [7, 11) is 0. The minimum absolute atomic E-state index is 0.0197. The second-order valence-electron chi connectivity index (χ2n) is 6.80. The Morgan fingerprint density at radius 1 is 1.15 bits per heavy atom. The molecule has 27 heavy (non-hydrogen) atoms. The molecular weight excluding hydrogens is 344 g/mol. The zero-order valence-corrected chi connectivity index (χ0v) is 15.3. The molecule has 2 amide bonds. The third-order valence-electron chi connectivity index (χ3n) is 4.33. The van der Waals surface area contributed by atoms with Gasteiger partial charge in [0.1, 0.15) is 11.5 Å². The van der Waals surface area contributed by atoms with Crippen molar-refractivity contribution in [2.45, 2.75) is 32.2 Å². The molecular formula is C21H24N2O4. The molecule has 0 aliphatic heterocycles. The van der Waals surface area contributed by atoms with Gasteiger partial charge in [-0.25, -0.2) is 0 Å². The lowest BCUT2D eigenvalue weighted by Gasteiger charge is -2.09. The van der Waals surface area contributed by atoms with Crippen LogP contribution in [0.1, 0.15) is 34.3 Å². The van der Waals surface area contributed by atoms with Gasteiger partial charge in [0.15, 0.2) is 6.61 Å². The molecule has 0 unspecified atom stereocenters. The Balaban J connectivity index is 1.42. The standard InChI is InChI=1S/C21H24N2O4/c1-14-2-9-19(24)18(12-14)21(26)22-11-10-15-3-7-17(8-4-15)27-13-20(25)23-16-5-6-16/h2-4,7-9,12,16,24H,5-6,10-11,13H2,1H3,(H,22,26)(H,23,25). The zero-order valence-electron chi connectivity index (χ0n) is 15.3. The number of rotatable bonds is 8. The highest BCUT2D eigenvalue weighted by Crippen LogP contribution is 2.19. The quantitative estimate of drug-likeness (QED) is 0.667. The van der Waals surface area contributed by atoms with Gasteiger partial charge in [-0.1, -0.05) is 23.8 Å². The van der Waals surface area contributed by atoms with Gasteiger partial charge in [-0.15, -0.1) is 0 Å². The molecule has 0 atom stereocenters. The monoisotopic (exact) mass is 368 g/mol. The second kappa shape index (κ2) is 8.58. The summed E-state index contributed by atoms with van der Waals surface area (Å²) in [5.41, 5.74) is 2.24. The van der Waals surface area contributed by atoms with Gasteiger partial charge in [0.05, 0.1) is 5.56 Å². The van der Waals surface area contributed by atoms with Crippen molar-refractivity contribution in [2.75, 3.05) is 13.2 Å². The average Bonchev–Trinajstić information content (AvgIpc) is 3.47. The first-order valence-electron chi connectivity index (χ1n) is 9.10. The van der Waals surface area contributed by atoms with E-state index in [2.05, 4.69) is 10.6 Å². The van der Waals surface area contributed by atoms with E-state index in [0.717, 1.165) is 24.0 Å². The predicted octanol–water partition coefficient (Wildman–Crippen LogP) is 2.33. The van der Waals surface area contributed by atoms with E-state index in [0.29, 0.717) is 24.8 Å². The number of ether oxygens (including phenoxy) is 1. The van der Waals surface area contributed by atoms with Crippen LogP contribution in [-0.4, -0.2) is 36.1 Å². The van der Waals surface area contributed by atoms with Crippen molar-refractivity contribution in [3.63, 3.8) is 0 Å². The molecule has 2 aromatic carbocycles. The van der Waals surface area contributed by atoms with Crippen LogP contribution in [0.4, 0.5) is 0 Å². The summed E-state index contributed by atoms with van der Waals surface area (Å²) in [6.07, 6.45) is 2.77. The fraction of sp³-hybridized carbons (Fsp3) is 0.333. The van der Waals surface area contributed by atoms with Crippen molar-refractivity contribution >= 4 is 11.8 Å². The van der Waals surface area contributed by atoms with E-state index in [-0.39, 0.29) is 29.7 Å². The van der Waals surface area contributed by atoms with Crippen LogP contribution >= 0.6 is 0 Å². The normalized spacial score (nSPS) is 13.1. The van der Waals surface area contributed by atoms with E-state index in [1.807, 2.05) is 31.2 Å².